The molecule has 0 aromatic rings. The number of unbranched alkanes of at least 4 members (excludes halogenated alkanes) is 3. The Morgan fingerprint density at radius 1 is 1.29 bits per heavy atom. The molecule has 1 fully saturated rings. The van der Waals surface area contributed by atoms with Crippen LogP contribution in [0.25, 0.3) is 0 Å². The molecule has 0 aliphatic carbocycles. The van der Waals surface area contributed by atoms with Gasteiger partial charge in [-0.15, -0.1) is 0 Å². The van der Waals surface area contributed by atoms with E-state index in [1.807, 2.05) is 7.05 Å². The summed E-state index contributed by atoms with van der Waals surface area (Å²) in [5, 5.41) is 6.65. The Morgan fingerprint density at radius 2 is 2.18 bits per heavy atom. The molecule has 1 rings (SSSR count). The van der Waals surface area contributed by atoms with Gasteiger partial charge in [-0.3, -0.25) is 4.99 Å². The van der Waals surface area contributed by atoms with E-state index in [4.69, 9.17) is 4.74 Å². The zero-order valence-corrected chi connectivity index (χ0v) is 11.3. The van der Waals surface area contributed by atoms with Crippen LogP contribution in [0.5, 0.6) is 0 Å². The van der Waals surface area contributed by atoms with Gasteiger partial charge in [0.2, 0.25) is 0 Å². The van der Waals surface area contributed by atoms with Gasteiger partial charge >= 0.3 is 0 Å². The van der Waals surface area contributed by atoms with Gasteiger partial charge in [0.25, 0.3) is 0 Å². The Balaban J connectivity index is 2.03. The fourth-order valence-electron chi connectivity index (χ4n) is 2.00. The molecular formula is C13H27N3O. The van der Waals surface area contributed by atoms with Crippen molar-refractivity contribution in [3.05, 3.63) is 0 Å². The fourth-order valence-corrected chi connectivity index (χ4v) is 2.00. The molecule has 17 heavy (non-hydrogen) atoms. The van der Waals surface area contributed by atoms with Crippen LogP contribution in [-0.2, 0) is 4.74 Å². The van der Waals surface area contributed by atoms with E-state index in [1.165, 1.54) is 38.5 Å². The number of ether oxygens (including phenoxy) is 1. The van der Waals surface area contributed by atoms with Crippen LogP contribution < -0.4 is 10.6 Å². The first-order chi connectivity index (χ1) is 8.36. The molecule has 1 aliphatic rings. The number of aliphatic imine (C=N–C) groups is 1. The molecule has 1 saturated heterocycles. The third-order valence-corrected chi connectivity index (χ3v) is 3.07. The Bertz CT molecular complexity index is 213. The lowest BCUT2D eigenvalue weighted by Crippen LogP contribution is -2.41. The van der Waals surface area contributed by atoms with Crippen molar-refractivity contribution in [2.75, 3.05) is 26.7 Å². The highest BCUT2D eigenvalue weighted by atomic mass is 16.5. The van der Waals surface area contributed by atoms with Crippen LogP contribution in [0.4, 0.5) is 0 Å². The third-order valence-electron chi connectivity index (χ3n) is 3.07. The van der Waals surface area contributed by atoms with Gasteiger partial charge in [-0.25, -0.2) is 0 Å². The number of nitrogens with zero attached hydrogens (tertiary/aromatic N) is 1. The molecule has 2 N–H and O–H groups in total. The molecule has 4 heteroatoms. The van der Waals surface area contributed by atoms with Crippen LogP contribution in [0.3, 0.4) is 0 Å². The molecule has 1 aliphatic heterocycles. The maximum Gasteiger partial charge on any atom is 0.191 e. The van der Waals surface area contributed by atoms with Gasteiger partial charge in [-0.1, -0.05) is 26.2 Å². The summed E-state index contributed by atoms with van der Waals surface area (Å²) in [5.41, 5.74) is 0. The molecule has 0 saturated carbocycles. The van der Waals surface area contributed by atoms with Gasteiger partial charge in [-0.2, -0.15) is 0 Å². The standard InChI is InChI=1S/C13H27N3O/c1-3-4-5-6-9-15-13(14-2)16-11-12-8-7-10-17-12/h12H,3-11H2,1-2H3,(H2,14,15,16). The van der Waals surface area contributed by atoms with Crippen molar-refractivity contribution in [2.24, 2.45) is 4.99 Å². The quantitative estimate of drug-likeness (QED) is 0.406. The second kappa shape index (κ2) is 9.28. The third kappa shape index (κ3) is 6.51. The minimum Gasteiger partial charge on any atom is -0.376 e. The van der Waals surface area contributed by atoms with Gasteiger partial charge in [-0.05, 0) is 19.3 Å². The second-order valence-electron chi connectivity index (χ2n) is 4.58. The molecule has 0 spiro atoms. The first-order valence-corrected chi connectivity index (χ1v) is 6.93. The Morgan fingerprint density at radius 3 is 2.82 bits per heavy atom. The summed E-state index contributed by atoms with van der Waals surface area (Å²) in [6, 6.07) is 0. The lowest BCUT2D eigenvalue weighted by molar-refractivity contribution is 0.114. The first kappa shape index (κ1) is 14.3. The van der Waals surface area contributed by atoms with Crippen LogP contribution in [0, 0.1) is 0 Å². The molecule has 1 heterocycles. The molecular weight excluding hydrogens is 214 g/mol. The lowest BCUT2D eigenvalue weighted by atomic mass is 10.2. The SMILES string of the molecule is CCCCCCNC(=NC)NCC1CCCO1. The van der Waals surface area contributed by atoms with Crippen molar-refractivity contribution in [1.82, 2.24) is 10.6 Å². The maximum absolute atomic E-state index is 5.56. The Labute approximate surface area is 105 Å². The summed E-state index contributed by atoms with van der Waals surface area (Å²) < 4.78 is 5.56. The maximum atomic E-state index is 5.56. The van der Waals surface area contributed by atoms with E-state index in [2.05, 4.69) is 22.5 Å². The molecule has 0 bridgehead atoms. The number of nitrogens with one attached hydrogen (secondary N) is 2. The first-order valence-electron chi connectivity index (χ1n) is 6.93. The molecule has 0 aromatic carbocycles. The van der Waals surface area contributed by atoms with E-state index in [0.717, 1.165) is 25.7 Å². The van der Waals surface area contributed by atoms with Crippen molar-refractivity contribution >= 4 is 5.96 Å². The topological polar surface area (TPSA) is 45.7 Å². The van der Waals surface area contributed by atoms with Crippen molar-refractivity contribution in [3.63, 3.8) is 0 Å². The normalized spacial score (nSPS) is 20.6. The van der Waals surface area contributed by atoms with Gasteiger partial charge in [0, 0.05) is 26.7 Å². The van der Waals surface area contributed by atoms with Crippen LogP contribution in [0.2, 0.25) is 0 Å². The molecule has 0 aromatic heterocycles. The van der Waals surface area contributed by atoms with Crippen molar-refractivity contribution < 1.29 is 4.74 Å². The van der Waals surface area contributed by atoms with Gasteiger partial charge < -0.3 is 15.4 Å². The summed E-state index contributed by atoms with van der Waals surface area (Å²) in [4.78, 5) is 4.21. The summed E-state index contributed by atoms with van der Waals surface area (Å²) in [6.45, 7) is 5.02. The van der Waals surface area contributed by atoms with Crippen LogP contribution in [0.1, 0.15) is 45.4 Å². The van der Waals surface area contributed by atoms with E-state index < -0.39 is 0 Å². The van der Waals surface area contributed by atoms with Gasteiger partial charge in [0.1, 0.15) is 0 Å². The molecule has 0 amide bonds. The van der Waals surface area contributed by atoms with E-state index >= 15 is 0 Å². The van der Waals surface area contributed by atoms with Crippen molar-refractivity contribution in [2.45, 2.75) is 51.6 Å². The number of hydrogen-bond donors (Lipinski definition) is 2. The van der Waals surface area contributed by atoms with Gasteiger partial charge in [0.15, 0.2) is 5.96 Å². The molecule has 100 valence electrons. The second-order valence-corrected chi connectivity index (χ2v) is 4.58. The highest BCUT2D eigenvalue weighted by molar-refractivity contribution is 5.79. The number of guanidine groups is 1. The predicted molar refractivity (Wildman–Crippen MR) is 72.5 cm³/mol. The number of hydrogen-bond acceptors (Lipinski definition) is 2. The average molecular weight is 241 g/mol. The zero-order valence-electron chi connectivity index (χ0n) is 11.3. The molecule has 1 atom stereocenters. The highest BCUT2D eigenvalue weighted by Gasteiger charge is 2.15. The monoisotopic (exact) mass is 241 g/mol. The van der Waals surface area contributed by atoms with E-state index in [0.29, 0.717) is 6.10 Å². The zero-order chi connectivity index (χ0) is 12.3. The van der Waals surface area contributed by atoms with E-state index in [-0.39, 0.29) is 0 Å². The van der Waals surface area contributed by atoms with E-state index in [1.54, 1.807) is 0 Å². The molecule has 4 nitrogen and oxygen atoms in total. The lowest BCUT2D eigenvalue weighted by Gasteiger charge is -2.14. The molecule has 0 radical (unpaired) electrons. The van der Waals surface area contributed by atoms with Gasteiger partial charge in [0.05, 0.1) is 6.10 Å². The molecule has 1 unspecified atom stereocenters. The summed E-state index contributed by atoms with van der Waals surface area (Å²) in [5.74, 6) is 0.900. The average Bonchev–Trinajstić information content (AvgIpc) is 2.86. The van der Waals surface area contributed by atoms with Crippen LogP contribution in [0.15, 0.2) is 4.99 Å². The van der Waals surface area contributed by atoms with Crippen molar-refractivity contribution in [1.29, 1.82) is 0 Å². The highest BCUT2D eigenvalue weighted by Crippen LogP contribution is 2.10. The van der Waals surface area contributed by atoms with Crippen LogP contribution in [-0.4, -0.2) is 38.8 Å². The van der Waals surface area contributed by atoms with Crippen LogP contribution >= 0.6 is 0 Å². The Kier molecular flexibility index (Phi) is 7.80. The summed E-state index contributed by atoms with van der Waals surface area (Å²) in [6.07, 6.45) is 7.85. The minimum absolute atomic E-state index is 0.369. The summed E-state index contributed by atoms with van der Waals surface area (Å²) >= 11 is 0. The Hall–Kier alpha value is -0.770. The minimum atomic E-state index is 0.369. The largest absolute Gasteiger partial charge is 0.376 e. The van der Waals surface area contributed by atoms with E-state index in [9.17, 15) is 0 Å². The predicted octanol–water partition coefficient (Wildman–Crippen LogP) is 1.91. The fraction of sp³-hybridized carbons (Fsp3) is 0.923. The number of rotatable bonds is 7. The smallest absolute Gasteiger partial charge is 0.191 e. The van der Waals surface area contributed by atoms with Crippen molar-refractivity contribution in [3.8, 4) is 0 Å². The summed E-state index contributed by atoms with van der Waals surface area (Å²) in [7, 11) is 1.82.